The number of aromatic amines is 1. The van der Waals surface area contributed by atoms with E-state index in [4.69, 9.17) is 4.98 Å². The van der Waals surface area contributed by atoms with Crippen molar-refractivity contribution in [1.82, 2.24) is 24.8 Å². The van der Waals surface area contributed by atoms with Gasteiger partial charge in [0, 0.05) is 42.9 Å². The molecule has 0 bridgehead atoms. The summed E-state index contributed by atoms with van der Waals surface area (Å²) in [5.74, 6) is 1.01. The molecule has 1 aliphatic rings. The number of benzene rings is 2. The number of rotatable bonds is 4. The highest BCUT2D eigenvalue weighted by atomic mass is 16.1. The quantitative estimate of drug-likeness (QED) is 0.546. The Morgan fingerprint density at radius 1 is 1.20 bits per heavy atom. The molecule has 2 aromatic heterocycles. The first kappa shape index (κ1) is 18.6. The summed E-state index contributed by atoms with van der Waals surface area (Å²) < 4.78 is 2.13. The van der Waals surface area contributed by atoms with Crippen LogP contribution in [0.1, 0.15) is 28.8 Å². The Morgan fingerprint density at radius 3 is 2.83 bits per heavy atom. The highest BCUT2D eigenvalue weighted by Gasteiger charge is 2.24. The van der Waals surface area contributed by atoms with Crippen molar-refractivity contribution in [3.8, 4) is 11.4 Å². The van der Waals surface area contributed by atoms with Crippen LogP contribution in [0.15, 0.2) is 48.9 Å². The largest absolute Gasteiger partial charge is 0.352 e. The molecule has 1 aliphatic heterocycles. The molecule has 2 aromatic carbocycles. The van der Waals surface area contributed by atoms with Gasteiger partial charge in [0.05, 0.1) is 17.4 Å². The normalized spacial score (nSPS) is 15.9. The van der Waals surface area contributed by atoms with E-state index < -0.39 is 0 Å². The molecule has 152 valence electrons. The lowest BCUT2D eigenvalue weighted by Crippen LogP contribution is -2.34. The Balaban J connectivity index is 1.24. The maximum atomic E-state index is 12.6. The molecule has 2 N–H and O–H groups in total. The van der Waals surface area contributed by atoms with E-state index in [2.05, 4.69) is 70.1 Å². The van der Waals surface area contributed by atoms with Crippen LogP contribution >= 0.6 is 0 Å². The maximum Gasteiger partial charge on any atom is 0.223 e. The molecule has 0 saturated heterocycles. The van der Waals surface area contributed by atoms with E-state index in [1.54, 1.807) is 0 Å². The molecule has 1 amide bonds. The van der Waals surface area contributed by atoms with E-state index in [0.29, 0.717) is 6.54 Å². The number of carbonyl (C=O) groups is 1. The Hall–Kier alpha value is -3.41. The predicted octanol–water partition coefficient (Wildman–Crippen LogP) is 3.92. The second-order valence-corrected chi connectivity index (χ2v) is 8.22. The van der Waals surface area contributed by atoms with Crippen molar-refractivity contribution in [2.75, 3.05) is 0 Å². The van der Waals surface area contributed by atoms with Crippen LogP contribution in [-0.2, 0) is 24.3 Å². The van der Waals surface area contributed by atoms with Gasteiger partial charge < -0.3 is 14.9 Å². The van der Waals surface area contributed by atoms with Gasteiger partial charge in [-0.1, -0.05) is 24.3 Å². The van der Waals surface area contributed by atoms with Crippen molar-refractivity contribution in [1.29, 1.82) is 0 Å². The number of imidazole rings is 2. The van der Waals surface area contributed by atoms with E-state index in [-0.39, 0.29) is 11.8 Å². The van der Waals surface area contributed by atoms with Crippen LogP contribution in [0.3, 0.4) is 0 Å². The minimum absolute atomic E-state index is 0.0240. The molecular weight excluding hydrogens is 374 g/mol. The summed E-state index contributed by atoms with van der Waals surface area (Å²) in [7, 11) is 0. The zero-order chi connectivity index (χ0) is 20.7. The van der Waals surface area contributed by atoms with Gasteiger partial charge in [-0.2, -0.15) is 0 Å². The Morgan fingerprint density at radius 2 is 2.00 bits per heavy atom. The molecule has 0 fully saturated rings. The molecular formula is C24H25N5O. The van der Waals surface area contributed by atoms with Crippen molar-refractivity contribution in [3.05, 3.63) is 71.3 Å². The Kier molecular flexibility index (Phi) is 4.62. The van der Waals surface area contributed by atoms with Crippen LogP contribution in [0.25, 0.3) is 22.4 Å². The first-order chi connectivity index (χ1) is 14.6. The summed E-state index contributed by atoms with van der Waals surface area (Å²) in [6.07, 6.45) is 5.32. The fourth-order valence-electron chi connectivity index (χ4n) is 4.11. The SMILES string of the molecule is Cc1cc2nc(-c3ccc(CNC(=O)C4CCn5cncc5C4)cc3)[nH]c2cc1C. The zero-order valence-electron chi connectivity index (χ0n) is 17.3. The zero-order valence-corrected chi connectivity index (χ0v) is 17.3. The summed E-state index contributed by atoms with van der Waals surface area (Å²) >= 11 is 0. The van der Waals surface area contributed by atoms with Crippen LogP contribution in [0.5, 0.6) is 0 Å². The number of nitrogens with one attached hydrogen (secondary N) is 2. The standard InChI is InChI=1S/C24H25N5O/c1-15-9-21-22(10-16(15)2)28-23(27-21)18-5-3-17(4-6-18)12-26-24(30)19-7-8-29-14-25-13-20(29)11-19/h3-6,9-10,13-14,19H,7-8,11-12H2,1-2H3,(H,26,30)(H,27,28). The summed E-state index contributed by atoms with van der Waals surface area (Å²) in [5, 5.41) is 3.09. The van der Waals surface area contributed by atoms with Crippen molar-refractivity contribution < 1.29 is 4.79 Å². The summed E-state index contributed by atoms with van der Waals surface area (Å²) in [6, 6.07) is 12.5. The molecule has 0 spiro atoms. The van der Waals surface area contributed by atoms with Crippen LogP contribution < -0.4 is 5.32 Å². The molecule has 4 aromatic rings. The smallest absolute Gasteiger partial charge is 0.223 e. The van der Waals surface area contributed by atoms with Crippen LogP contribution in [0.2, 0.25) is 0 Å². The monoisotopic (exact) mass is 399 g/mol. The van der Waals surface area contributed by atoms with E-state index in [9.17, 15) is 4.79 Å². The van der Waals surface area contributed by atoms with Gasteiger partial charge in [-0.25, -0.2) is 9.97 Å². The van der Waals surface area contributed by atoms with E-state index >= 15 is 0 Å². The highest BCUT2D eigenvalue weighted by molar-refractivity contribution is 5.81. The van der Waals surface area contributed by atoms with Gasteiger partial charge in [0.15, 0.2) is 0 Å². The summed E-state index contributed by atoms with van der Waals surface area (Å²) in [5.41, 5.74) is 7.80. The van der Waals surface area contributed by atoms with Gasteiger partial charge in [-0.15, -0.1) is 0 Å². The fraction of sp³-hybridized carbons (Fsp3) is 0.292. The van der Waals surface area contributed by atoms with Crippen molar-refractivity contribution in [3.63, 3.8) is 0 Å². The average molecular weight is 399 g/mol. The van der Waals surface area contributed by atoms with E-state index in [1.807, 2.05) is 12.5 Å². The third-order valence-electron chi connectivity index (χ3n) is 6.13. The Bertz CT molecular complexity index is 1180. The molecule has 6 nitrogen and oxygen atoms in total. The number of H-pyrrole nitrogens is 1. The van der Waals surface area contributed by atoms with Crippen LogP contribution in [0, 0.1) is 19.8 Å². The number of nitrogens with zero attached hydrogens (tertiary/aromatic N) is 3. The van der Waals surface area contributed by atoms with Crippen molar-refractivity contribution in [2.24, 2.45) is 5.92 Å². The molecule has 1 unspecified atom stereocenters. The van der Waals surface area contributed by atoms with Gasteiger partial charge in [-0.3, -0.25) is 4.79 Å². The molecule has 5 rings (SSSR count). The van der Waals surface area contributed by atoms with Crippen molar-refractivity contribution in [2.45, 2.75) is 39.8 Å². The molecule has 30 heavy (non-hydrogen) atoms. The number of fused-ring (bicyclic) bond motifs is 2. The Labute approximate surface area is 175 Å². The molecule has 1 atom stereocenters. The van der Waals surface area contributed by atoms with Gasteiger partial charge in [0.1, 0.15) is 5.82 Å². The van der Waals surface area contributed by atoms with Gasteiger partial charge in [0.25, 0.3) is 0 Å². The number of hydrogen-bond acceptors (Lipinski definition) is 3. The first-order valence-corrected chi connectivity index (χ1v) is 10.4. The molecule has 0 radical (unpaired) electrons. The number of aryl methyl sites for hydroxylation is 3. The number of carbonyl (C=O) groups excluding carboxylic acids is 1. The average Bonchev–Trinajstić information content (AvgIpc) is 3.39. The van der Waals surface area contributed by atoms with E-state index in [0.717, 1.165) is 53.1 Å². The minimum atomic E-state index is 0.0240. The first-order valence-electron chi connectivity index (χ1n) is 10.4. The number of aromatic nitrogens is 4. The van der Waals surface area contributed by atoms with Gasteiger partial charge in [-0.05, 0) is 49.1 Å². The van der Waals surface area contributed by atoms with Crippen LogP contribution in [-0.4, -0.2) is 25.4 Å². The fourth-order valence-corrected chi connectivity index (χ4v) is 4.11. The molecule has 3 heterocycles. The van der Waals surface area contributed by atoms with E-state index in [1.165, 1.54) is 11.1 Å². The molecule has 0 saturated carbocycles. The number of hydrogen-bond donors (Lipinski definition) is 2. The maximum absolute atomic E-state index is 12.6. The lowest BCUT2D eigenvalue weighted by atomic mass is 9.95. The van der Waals surface area contributed by atoms with Gasteiger partial charge in [0.2, 0.25) is 5.91 Å². The summed E-state index contributed by atoms with van der Waals surface area (Å²) in [6.45, 7) is 5.61. The second-order valence-electron chi connectivity index (χ2n) is 8.22. The molecule has 0 aliphatic carbocycles. The topological polar surface area (TPSA) is 75.6 Å². The van der Waals surface area contributed by atoms with Crippen LogP contribution in [0.4, 0.5) is 0 Å². The predicted molar refractivity (Wildman–Crippen MR) is 117 cm³/mol. The minimum Gasteiger partial charge on any atom is -0.352 e. The highest BCUT2D eigenvalue weighted by Crippen LogP contribution is 2.24. The third-order valence-corrected chi connectivity index (χ3v) is 6.13. The second kappa shape index (κ2) is 7.44. The van der Waals surface area contributed by atoms with Gasteiger partial charge >= 0.3 is 0 Å². The lowest BCUT2D eigenvalue weighted by molar-refractivity contribution is -0.125. The third kappa shape index (κ3) is 3.49. The number of amides is 1. The van der Waals surface area contributed by atoms with Crippen molar-refractivity contribution >= 4 is 16.9 Å². The summed E-state index contributed by atoms with van der Waals surface area (Å²) in [4.78, 5) is 24.9. The lowest BCUT2D eigenvalue weighted by Gasteiger charge is -2.23. The molecule has 6 heteroatoms.